The predicted octanol–water partition coefficient (Wildman–Crippen LogP) is 7.06. The minimum absolute atomic E-state index is 0.00628. The Balaban J connectivity index is 2.64. The molecular formula is C28H45O3P. The van der Waals surface area contributed by atoms with E-state index in [1.54, 1.807) is 0 Å². The van der Waals surface area contributed by atoms with Crippen molar-refractivity contribution in [1.82, 2.24) is 0 Å². The molecular weight excluding hydrogens is 415 g/mol. The van der Waals surface area contributed by atoms with Gasteiger partial charge >= 0.3 is 197 Å². The summed E-state index contributed by atoms with van der Waals surface area (Å²) < 4.78 is 6.12. The van der Waals surface area contributed by atoms with E-state index in [2.05, 4.69) is 95.2 Å². The summed E-state index contributed by atoms with van der Waals surface area (Å²) in [6.07, 6.45) is 0. The molecule has 0 aromatic heterocycles. The molecule has 0 fully saturated rings. The van der Waals surface area contributed by atoms with Crippen LogP contribution in [0.4, 0.5) is 0 Å². The SMILES string of the molecule is CC(C)(C)c1ccc(O[PH](O)(O)c2ccc(C(C)(C)C)cc2C(C)(C)C)c(C(C)(C)C)c1. The first-order valence-corrected chi connectivity index (χ1v) is 13.4. The molecule has 2 rings (SSSR count). The molecule has 0 amide bonds. The molecule has 0 radical (unpaired) electrons. The fourth-order valence-corrected chi connectivity index (χ4v) is 5.49. The van der Waals surface area contributed by atoms with Crippen LogP contribution in [0.1, 0.15) is 105 Å². The van der Waals surface area contributed by atoms with Crippen molar-refractivity contribution in [3.05, 3.63) is 58.7 Å². The van der Waals surface area contributed by atoms with Crippen molar-refractivity contribution in [1.29, 1.82) is 0 Å². The van der Waals surface area contributed by atoms with Crippen LogP contribution in [-0.2, 0) is 21.7 Å². The van der Waals surface area contributed by atoms with Gasteiger partial charge in [-0.05, 0) is 0 Å². The summed E-state index contributed by atoms with van der Waals surface area (Å²) >= 11 is 0. The van der Waals surface area contributed by atoms with Crippen molar-refractivity contribution in [3.8, 4) is 5.75 Å². The molecule has 2 N–H and O–H groups in total. The van der Waals surface area contributed by atoms with Gasteiger partial charge in [0.15, 0.2) is 0 Å². The Morgan fingerprint density at radius 2 is 0.969 bits per heavy atom. The molecule has 2 aromatic carbocycles. The molecule has 0 unspecified atom stereocenters. The Kier molecular flexibility index (Phi) is 7.06. The summed E-state index contributed by atoms with van der Waals surface area (Å²) in [6, 6.07) is 12.0. The molecule has 32 heavy (non-hydrogen) atoms. The Bertz CT molecular complexity index is 962. The first-order chi connectivity index (χ1) is 14.1. The van der Waals surface area contributed by atoms with Crippen LogP contribution in [0, 0.1) is 0 Å². The van der Waals surface area contributed by atoms with E-state index in [1.807, 2.05) is 24.3 Å². The quantitative estimate of drug-likeness (QED) is 0.482. The molecule has 0 spiro atoms. The molecule has 0 saturated carbocycles. The Morgan fingerprint density at radius 3 is 1.38 bits per heavy atom. The summed E-state index contributed by atoms with van der Waals surface area (Å²) in [4.78, 5) is 22.7. The Labute approximate surface area is 196 Å². The van der Waals surface area contributed by atoms with Gasteiger partial charge in [-0.25, -0.2) is 0 Å². The summed E-state index contributed by atoms with van der Waals surface area (Å²) in [7, 11) is -4.23. The summed E-state index contributed by atoms with van der Waals surface area (Å²) in [6.45, 7) is 25.7. The first kappa shape index (κ1) is 26.8. The normalized spacial score (nSPS) is 14.4. The number of hydrogen-bond acceptors (Lipinski definition) is 3. The fraction of sp³-hybridized carbons (Fsp3) is 0.571. The maximum absolute atomic E-state index is 11.4. The minimum atomic E-state index is -4.23. The van der Waals surface area contributed by atoms with Crippen molar-refractivity contribution in [2.45, 2.75) is 105 Å². The summed E-state index contributed by atoms with van der Waals surface area (Å²) in [5, 5.41) is 0.512. The zero-order valence-corrected chi connectivity index (χ0v) is 23.3. The van der Waals surface area contributed by atoms with Crippen LogP contribution in [0.3, 0.4) is 0 Å². The van der Waals surface area contributed by atoms with Gasteiger partial charge in [0, 0.05) is 0 Å². The van der Waals surface area contributed by atoms with Crippen LogP contribution < -0.4 is 9.83 Å². The standard InChI is InChI=1S/C28H45O3P/c1-25(2,3)19-13-15-23(21(17-19)27(7,8)9)31-32(29,30)24-16-14-20(26(4,5)6)18-22(24)28(10,11)12/h13-18,29-30,32H,1-12H3. The van der Waals surface area contributed by atoms with Crippen LogP contribution in [-0.4, -0.2) is 9.79 Å². The van der Waals surface area contributed by atoms with E-state index in [0.717, 1.165) is 11.1 Å². The molecule has 3 nitrogen and oxygen atoms in total. The Hall–Kier alpha value is -1.41. The summed E-state index contributed by atoms with van der Waals surface area (Å²) in [5.74, 6) is 0.543. The van der Waals surface area contributed by atoms with Crippen LogP contribution in [0.5, 0.6) is 5.75 Å². The third-order valence-electron chi connectivity index (χ3n) is 5.95. The van der Waals surface area contributed by atoms with Gasteiger partial charge in [0.05, 0.1) is 0 Å². The van der Waals surface area contributed by atoms with Crippen LogP contribution in [0.15, 0.2) is 36.4 Å². The van der Waals surface area contributed by atoms with Gasteiger partial charge in [-0.2, -0.15) is 0 Å². The second-order valence-corrected chi connectivity index (χ2v) is 15.1. The maximum atomic E-state index is 11.4. The van der Waals surface area contributed by atoms with Gasteiger partial charge in [0.25, 0.3) is 0 Å². The van der Waals surface area contributed by atoms with E-state index in [9.17, 15) is 9.79 Å². The molecule has 0 aliphatic rings. The molecule has 2 aromatic rings. The first-order valence-electron chi connectivity index (χ1n) is 11.6. The zero-order chi connectivity index (χ0) is 24.9. The molecule has 0 bridgehead atoms. The van der Waals surface area contributed by atoms with Gasteiger partial charge in [0.1, 0.15) is 0 Å². The monoisotopic (exact) mass is 460 g/mol. The van der Waals surface area contributed by atoms with Gasteiger partial charge in [-0.1, -0.05) is 0 Å². The molecule has 0 aliphatic heterocycles. The zero-order valence-electron chi connectivity index (χ0n) is 22.3. The van der Waals surface area contributed by atoms with Crippen LogP contribution >= 0.6 is 7.94 Å². The molecule has 0 atom stereocenters. The van der Waals surface area contributed by atoms with Crippen LogP contribution in [0.25, 0.3) is 0 Å². The van der Waals surface area contributed by atoms with Crippen LogP contribution in [0.2, 0.25) is 0 Å². The van der Waals surface area contributed by atoms with Gasteiger partial charge in [-0.3, -0.25) is 0 Å². The average molecular weight is 461 g/mol. The van der Waals surface area contributed by atoms with E-state index in [0.29, 0.717) is 11.1 Å². The van der Waals surface area contributed by atoms with Crippen molar-refractivity contribution in [2.24, 2.45) is 0 Å². The molecule has 4 heteroatoms. The van der Waals surface area contributed by atoms with Crippen molar-refractivity contribution < 1.29 is 14.3 Å². The third kappa shape index (κ3) is 6.13. The average Bonchev–Trinajstić information content (AvgIpc) is 2.57. The van der Waals surface area contributed by atoms with Crippen molar-refractivity contribution in [3.63, 3.8) is 0 Å². The van der Waals surface area contributed by atoms with Crippen molar-refractivity contribution in [2.75, 3.05) is 0 Å². The van der Waals surface area contributed by atoms with Gasteiger partial charge in [0.2, 0.25) is 0 Å². The van der Waals surface area contributed by atoms with Gasteiger partial charge in [-0.15, -0.1) is 0 Å². The van der Waals surface area contributed by atoms with E-state index >= 15 is 0 Å². The van der Waals surface area contributed by atoms with Crippen molar-refractivity contribution >= 4 is 13.2 Å². The number of benzene rings is 2. The van der Waals surface area contributed by atoms with E-state index in [4.69, 9.17) is 4.52 Å². The van der Waals surface area contributed by atoms with E-state index in [-0.39, 0.29) is 21.7 Å². The topological polar surface area (TPSA) is 49.7 Å². The van der Waals surface area contributed by atoms with E-state index in [1.165, 1.54) is 11.1 Å². The third-order valence-corrected chi connectivity index (χ3v) is 7.59. The molecule has 180 valence electrons. The van der Waals surface area contributed by atoms with E-state index < -0.39 is 7.94 Å². The number of rotatable bonds is 3. The second kappa shape index (κ2) is 8.42. The second-order valence-electron chi connectivity index (χ2n) is 13.2. The molecule has 0 saturated heterocycles. The molecule has 0 aliphatic carbocycles. The van der Waals surface area contributed by atoms with Gasteiger partial charge < -0.3 is 0 Å². The Morgan fingerprint density at radius 1 is 0.562 bits per heavy atom. The fourth-order valence-electron chi connectivity index (χ4n) is 3.80. The predicted molar refractivity (Wildman–Crippen MR) is 141 cm³/mol. The summed E-state index contributed by atoms with van der Waals surface area (Å²) in [5.41, 5.74) is 3.77. The number of hydrogen-bond donors (Lipinski definition) is 2. The molecule has 0 heterocycles.